The highest BCUT2D eigenvalue weighted by Crippen LogP contribution is 1.97. The van der Waals surface area contributed by atoms with Gasteiger partial charge in [-0.2, -0.15) is 9.90 Å². The first-order valence-electron chi connectivity index (χ1n) is 4.33. The minimum atomic E-state index is -1.51. The van der Waals surface area contributed by atoms with E-state index in [9.17, 15) is 9.90 Å². The van der Waals surface area contributed by atoms with Gasteiger partial charge in [0.1, 0.15) is 6.61 Å². The van der Waals surface area contributed by atoms with Crippen LogP contribution in [-0.2, 0) is 9.84 Å². The lowest BCUT2D eigenvalue weighted by atomic mass is 10.2. The van der Waals surface area contributed by atoms with Gasteiger partial charge in [-0.05, 0) is 5.56 Å². The van der Waals surface area contributed by atoms with Crippen LogP contribution in [0.15, 0.2) is 49.6 Å². The Morgan fingerprint density at radius 1 is 1.27 bits per heavy atom. The fourth-order valence-corrected chi connectivity index (χ4v) is 0.716. The van der Waals surface area contributed by atoms with Crippen LogP contribution in [0.3, 0.4) is 0 Å². The Balaban J connectivity index is 0.000000265. The molecule has 1 aromatic carbocycles. The highest BCUT2D eigenvalue weighted by atomic mass is 16.7. The molecule has 0 amide bonds. The third kappa shape index (κ3) is 8.30. The predicted octanol–water partition coefficient (Wildman–Crippen LogP) is 3.07. The van der Waals surface area contributed by atoms with Crippen molar-refractivity contribution in [3.05, 3.63) is 55.1 Å². The lowest BCUT2D eigenvalue weighted by molar-refractivity contribution is 0.0770. The van der Waals surface area contributed by atoms with E-state index in [4.69, 9.17) is 0 Å². The van der Waals surface area contributed by atoms with Crippen LogP contribution in [-0.4, -0.2) is 12.8 Å². The largest absolute Gasteiger partial charge is 0.550 e. The molecule has 0 N–H and O–H groups in total. The second-order valence-electron chi connectivity index (χ2n) is 2.46. The number of hydrogen-bond acceptors (Lipinski definition) is 2. The van der Waals surface area contributed by atoms with Crippen LogP contribution in [0, 0.1) is 0 Å². The van der Waals surface area contributed by atoms with Gasteiger partial charge < -0.3 is 4.74 Å². The van der Waals surface area contributed by atoms with Gasteiger partial charge in [-0.1, -0.05) is 55.6 Å². The molecule has 0 spiro atoms. The fraction of sp³-hybridized carbons (Fsp3) is 0.0833. The van der Waals surface area contributed by atoms with Crippen molar-refractivity contribution < 1.29 is 14.6 Å². The molecule has 0 heterocycles. The summed E-state index contributed by atoms with van der Waals surface area (Å²) in [6.07, 6.45) is 1.65. The van der Waals surface area contributed by atoms with E-state index in [-0.39, 0.29) is 6.61 Å². The Morgan fingerprint density at radius 3 is 2.13 bits per heavy atom. The average molecular weight is 205 g/mol. The molecule has 0 aromatic heterocycles. The van der Waals surface area contributed by atoms with Crippen LogP contribution in [0.25, 0.3) is 6.08 Å². The van der Waals surface area contributed by atoms with Gasteiger partial charge in [0.05, 0.1) is 0 Å². The van der Waals surface area contributed by atoms with Crippen LogP contribution in [0.4, 0.5) is 4.79 Å². The molecule has 1 radical (unpaired) electrons. The van der Waals surface area contributed by atoms with Crippen LogP contribution in [0.5, 0.6) is 0 Å². The van der Waals surface area contributed by atoms with E-state index in [0.717, 1.165) is 0 Å². The first kappa shape index (κ1) is 13.0. The second kappa shape index (κ2) is 8.56. The van der Waals surface area contributed by atoms with Crippen molar-refractivity contribution in [1.29, 1.82) is 0 Å². The predicted molar refractivity (Wildman–Crippen MR) is 58.8 cm³/mol. The quantitative estimate of drug-likeness (QED) is 0.562. The summed E-state index contributed by atoms with van der Waals surface area (Å²) in [5.41, 5.74) is 1.17. The summed E-state index contributed by atoms with van der Waals surface area (Å²) in [4.78, 5) is 9.38. The molecule has 1 aromatic rings. The molecule has 1 rings (SSSR count). The Labute approximate surface area is 89.3 Å². The van der Waals surface area contributed by atoms with Gasteiger partial charge in [0.15, 0.2) is 0 Å². The monoisotopic (exact) mass is 205 g/mol. The van der Waals surface area contributed by atoms with Crippen molar-refractivity contribution in [3.8, 4) is 0 Å². The van der Waals surface area contributed by atoms with E-state index in [1.54, 1.807) is 0 Å². The zero-order valence-electron chi connectivity index (χ0n) is 8.39. The van der Waals surface area contributed by atoms with E-state index in [0.29, 0.717) is 0 Å². The summed E-state index contributed by atoms with van der Waals surface area (Å²) in [6.45, 7) is 6.85. The number of carbonyl (C=O) groups excluding carboxylic acids is 1. The smallest absolute Gasteiger partial charge is 0.428 e. The maximum absolute atomic E-state index is 9.38. The summed E-state index contributed by atoms with van der Waals surface area (Å²) < 4.78 is 3.88. The zero-order valence-corrected chi connectivity index (χ0v) is 8.39. The highest BCUT2D eigenvalue weighted by Gasteiger charge is 1.92. The summed E-state index contributed by atoms with van der Waals surface area (Å²) in [6, 6.07) is 10.0. The van der Waals surface area contributed by atoms with Crippen molar-refractivity contribution in [2.45, 2.75) is 0 Å². The molecule has 15 heavy (non-hydrogen) atoms. The van der Waals surface area contributed by atoms with Gasteiger partial charge in [0.2, 0.25) is 0 Å². The Morgan fingerprint density at radius 2 is 1.87 bits per heavy atom. The van der Waals surface area contributed by atoms with Crippen LogP contribution >= 0.6 is 0 Å². The Bertz CT molecular complexity index is 304. The highest BCUT2D eigenvalue weighted by molar-refractivity contribution is 5.56. The van der Waals surface area contributed by atoms with E-state index in [1.165, 1.54) is 11.6 Å². The van der Waals surface area contributed by atoms with Crippen LogP contribution < -0.4 is 0 Å². The molecule has 0 saturated heterocycles. The van der Waals surface area contributed by atoms with Crippen LogP contribution in [0.1, 0.15) is 5.56 Å². The summed E-state index contributed by atoms with van der Waals surface area (Å²) in [5, 5.41) is 9.38. The molecule has 0 unspecified atom stereocenters. The first-order chi connectivity index (χ1) is 7.20. The first-order valence-corrected chi connectivity index (χ1v) is 4.33. The lowest BCUT2D eigenvalue weighted by Gasteiger charge is -1.86. The Hall–Kier alpha value is -2.03. The normalized spacial score (nSPS) is 8.00. The number of benzene rings is 1. The SMILES string of the molecule is C=CCOC([O])=O.C=Cc1ccccc1. The van der Waals surface area contributed by atoms with Crippen molar-refractivity contribution in [3.63, 3.8) is 0 Å². The van der Waals surface area contributed by atoms with E-state index >= 15 is 0 Å². The van der Waals surface area contributed by atoms with Gasteiger partial charge in [-0.15, -0.1) is 0 Å². The average Bonchev–Trinajstić information content (AvgIpc) is 2.28. The summed E-state index contributed by atoms with van der Waals surface area (Å²) >= 11 is 0. The number of carbonyl (C=O) groups is 1. The molecule has 0 aliphatic carbocycles. The topological polar surface area (TPSA) is 46.2 Å². The van der Waals surface area contributed by atoms with Gasteiger partial charge in [0.25, 0.3) is 0 Å². The molecular weight excluding hydrogens is 192 g/mol. The Kier molecular flexibility index (Phi) is 7.40. The molecular formula is C12H13O3. The zero-order chi connectivity index (χ0) is 11.5. The third-order valence-electron chi connectivity index (χ3n) is 1.35. The number of ether oxygens (including phenoxy) is 1. The molecule has 3 nitrogen and oxygen atoms in total. The molecule has 0 saturated carbocycles. The second-order valence-corrected chi connectivity index (χ2v) is 2.46. The molecule has 0 fully saturated rings. The van der Waals surface area contributed by atoms with Gasteiger partial charge >= 0.3 is 6.16 Å². The molecule has 0 bridgehead atoms. The van der Waals surface area contributed by atoms with E-state index < -0.39 is 6.16 Å². The van der Waals surface area contributed by atoms with Gasteiger partial charge in [-0.25, -0.2) is 0 Å². The number of hydrogen-bond donors (Lipinski definition) is 0. The fourth-order valence-electron chi connectivity index (χ4n) is 0.716. The van der Waals surface area contributed by atoms with E-state index in [1.807, 2.05) is 36.4 Å². The van der Waals surface area contributed by atoms with Crippen molar-refractivity contribution in [2.24, 2.45) is 0 Å². The molecule has 3 heteroatoms. The summed E-state index contributed by atoms with van der Waals surface area (Å²) in [7, 11) is 0. The number of rotatable bonds is 3. The van der Waals surface area contributed by atoms with Crippen molar-refractivity contribution >= 4 is 12.2 Å². The van der Waals surface area contributed by atoms with E-state index in [2.05, 4.69) is 17.9 Å². The molecule has 0 aliphatic rings. The van der Waals surface area contributed by atoms with Gasteiger partial charge in [0, 0.05) is 0 Å². The summed E-state index contributed by atoms with van der Waals surface area (Å²) in [5.74, 6) is 0. The molecule has 0 atom stereocenters. The maximum Gasteiger partial charge on any atom is 0.550 e. The lowest BCUT2D eigenvalue weighted by Crippen LogP contribution is -1.96. The minimum Gasteiger partial charge on any atom is -0.428 e. The minimum absolute atomic E-state index is 0.00231. The standard InChI is InChI=1S/C8H8.C4H5O3/c1-2-8-6-4-3-5-7-8;1-2-3-7-4(5)6/h2-7H,1H2;2H,1,3H2. The van der Waals surface area contributed by atoms with Crippen LogP contribution in [0.2, 0.25) is 0 Å². The van der Waals surface area contributed by atoms with Crippen molar-refractivity contribution in [2.75, 3.05) is 6.61 Å². The van der Waals surface area contributed by atoms with Crippen molar-refractivity contribution in [1.82, 2.24) is 0 Å². The third-order valence-corrected chi connectivity index (χ3v) is 1.35. The maximum atomic E-state index is 9.38. The molecule has 79 valence electrons. The molecule has 0 aliphatic heterocycles. The van der Waals surface area contributed by atoms with Gasteiger partial charge in [-0.3, -0.25) is 0 Å².